The Balaban J connectivity index is 3.31. The molecule has 0 aromatic heterocycles. The highest BCUT2D eigenvalue weighted by Gasteiger charge is 2.06. The molecule has 0 amide bonds. The lowest BCUT2D eigenvalue weighted by Crippen LogP contribution is -1.94. The molecule has 2 nitrogen and oxygen atoms in total. The SMILES string of the molecule is N#Cc1cc(F)c(I)c(CO)c1. The van der Waals surface area contributed by atoms with Crippen LogP contribution in [0.25, 0.3) is 0 Å². The van der Waals surface area contributed by atoms with Crippen LogP contribution in [0.15, 0.2) is 12.1 Å². The van der Waals surface area contributed by atoms with Crippen LogP contribution >= 0.6 is 22.6 Å². The smallest absolute Gasteiger partial charge is 0.138 e. The van der Waals surface area contributed by atoms with E-state index in [4.69, 9.17) is 10.4 Å². The number of nitrogens with zero attached hydrogens (tertiary/aromatic N) is 1. The third-order valence-corrected chi connectivity index (χ3v) is 2.61. The molecule has 0 bridgehead atoms. The van der Waals surface area contributed by atoms with Crippen LogP contribution in [-0.2, 0) is 6.61 Å². The molecule has 0 aliphatic carbocycles. The maximum Gasteiger partial charge on any atom is 0.138 e. The number of halogens is 2. The van der Waals surface area contributed by atoms with Gasteiger partial charge in [0.1, 0.15) is 5.82 Å². The lowest BCUT2D eigenvalue weighted by molar-refractivity contribution is 0.280. The summed E-state index contributed by atoms with van der Waals surface area (Å²) in [4.78, 5) is 0. The van der Waals surface area contributed by atoms with E-state index in [-0.39, 0.29) is 12.2 Å². The average Bonchev–Trinajstić information content (AvgIpc) is 2.09. The first-order chi connectivity index (χ1) is 5.69. The van der Waals surface area contributed by atoms with Crippen molar-refractivity contribution in [3.05, 3.63) is 32.6 Å². The second kappa shape index (κ2) is 3.83. The highest BCUT2D eigenvalue weighted by molar-refractivity contribution is 14.1. The van der Waals surface area contributed by atoms with Crippen LogP contribution in [0.5, 0.6) is 0 Å². The fourth-order valence-electron chi connectivity index (χ4n) is 0.826. The summed E-state index contributed by atoms with van der Waals surface area (Å²) < 4.78 is 13.3. The average molecular weight is 277 g/mol. The monoisotopic (exact) mass is 277 g/mol. The minimum atomic E-state index is -0.460. The molecule has 12 heavy (non-hydrogen) atoms. The van der Waals surface area contributed by atoms with Crippen LogP contribution in [0.4, 0.5) is 4.39 Å². The molecule has 4 heteroatoms. The Morgan fingerprint density at radius 2 is 2.25 bits per heavy atom. The van der Waals surface area contributed by atoms with Crippen molar-refractivity contribution in [2.24, 2.45) is 0 Å². The minimum absolute atomic E-state index is 0.233. The van der Waals surface area contributed by atoms with Gasteiger partial charge >= 0.3 is 0 Å². The Morgan fingerprint density at radius 1 is 1.58 bits per heavy atom. The number of hydrogen-bond donors (Lipinski definition) is 1. The molecule has 0 saturated carbocycles. The van der Waals surface area contributed by atoms with E-state index >= 15 is 0 Å². The normalized spacial score (nSPS) is 9.50. The molecule has 0 aliphatic heterocycles. The number of aliphatic hydroxyl groups is 1. The summed E-state index contributed by atoms with van der Waals surface area (Å²) in [6.45, 7) is -0.245. The van der Waals surface area contributed by atoms with E-state index in [2.05, 4.69) is 0 Å². The predicted molar refractivity (Wildman–Crippen MR) is 49.8 cm³/mol. The van der Waals surface area contributed by atoms with Gasteiger partial charge in [0, 0.05) is 0 Å². The van der Waals surface area contributed by atoms with Gasteiger partial charge in [0.2, 0.25) is 0 Å². The third-order valence-electron chi connectivity index (χ3n) is 1.40. The molecule has 0 aliphatic rings. The summed E-state index contributed by atoms with van der Waals surface area (Å²) in [6.07, 6.45) is 0. The van der Waals surface area contributed by atoms with E-state index < -0.39 is 5.82 Å². The Morgan fingerprint density at radius 3 is 2.75 bits per heavy atom. The van der Waals surface area contributed by atoms with E-state index in [0.29, 0.717) is 9.13 Å². The van der Waals surface area contributed by atoms with Crippen LogP contribution in [0.2, 0.25) is 0 Å². The Hall–Kier alpha value is -0.670. The molecule has 0 heterocycles. The summed E-state index contributed by atoms with van der Waals surface area (Å²) in [5.74, 6) is -0.460. The maximum absolute atomic E-state index is 12.9. The van der Waals surface area contributed by atoms with Crippen LogP contribution in [-0.4, -0.2) is 5.11 Å². The fraction of sp³-hybridized carbons (Fsp3) is 0.125. The van der Waals surface area contributed by atoms with Crippen LogP contribution < -0.4 is 0 Å². The van der Waals surface area contributed by atoms with E-state index in [0.717, 1.165) is 6.07 Å². The van der Waals surface area contributed by atoms with Gasteiger partial charge in [-0.05, 0) is 40.3 Å². The molecular formula is C8H5FINO. The highest BCUT2D eigenvalue weighted by Crippen LogP contribution is 2.18. The van der Waals surface area contributed by atoms with Crippen LogP contribution in [0.1, 0.15) is 11.1 Å². The number of benzene rings is 1. The Kier molecular flexibility index (Phi) is 3.00. The summed E-state index contributed by atoms with van der Waals surface area (Å²) in [7, 11) is 0. The van der Waals surface area contributed by atoms with Crippen molar-refractivity contribution in [3.63, 3.8) is 0 Å². The van der Waals surface area contributed by atoms with Gasteiger partial charge in [0.15, 0.2) is 0 Å². The van der Waals surface area contributed by atoms with Crippen LogP contribution in [0, 0.1) is 20.7 Å². The number of rotatable bonds is 1. The van der Waals surface area contributed by atoms with E-state index in [1.807, 2.05) is 6.07 Å². The van der Waals surface area contributed by atoms with E-state index in [1.165, 1.54) is 6.07 Å². The van der Waals surface area contributed by atoms with Crippen molar-refractivity contribution >= 4 is 22.6 Å². The zero-order valence-electron chi connectivity index (χ0n) is 6.01. The molecule has 1 rings (SSSR count). The lowest BCUT2D eigenvalue weighted by Gasteiger charge is -2.01. The van der Waals surface area contributed by atoms with Gasteiger partial charge in [0.05, 0.1) is 21.8 Å². The predicted octanol–water partition coefficient (Wildman–Crippen LogP) is 1.79. The molecule has 62 valence electrons. The summed E-state index contributed by atoms with van der Waals surface area (Å²) in [5, 5.41) is 17.3. The highest BCUT2D eigenvalue weighted by atomic mass is 127. The molecular weight excluding hydrogens is 272 g/mol. The molecule has 0 fully saturated rings. The quantitative estimate of drug-likeness (QED) is 0.795. The number of nitriles is 1. The maximum atomic E-state index is 12.9. The summed E-state index contributed by atoms with van der Waals surface area (Å²) >= 11 is 1.79. The lowest BCUT2D eigenvalue weighted by atomic mass is 10.1. The first-order valence-electron chi connectivity index (χ1n) is 3.18. The topological polar surface area (TPSA) is 44.0 Å². The van der Waals surface area contributed by atoms with Gasteiger partial charge in [-0.15, -0.1) is 0 Å². The van der Waals surface area contributed by atoms with Gasteiger partial charge in [-0.3, -0.25) is 0 Å². The zero-order chi connectivity index (χ0) is 9.14. The number of hydrogen-bond acceptors (Lipinski definition) is 2. The number of aliphatic hydroxyl groups excluding tert-OH is 1. The van der Waals surface area contributed by atoms with Gasteiger partial charge in [0.25, 0.3) is 0 Å². The molecule has 0 atom stereocenters. The Bertz CT molecular complexity index is 346. The molecule has 0 radical (unpaired) electrons. The van der Waals surface area contributed by atoms with E-state index in [9.17, 15) is 4.39 Å². The van der Waals surface area contributed by atoms with Crippen molar-refractivity contribution in [2.75, 3.05) is 0 Å². The Labute approximate surface area is 82.8 Å². The van der Waals surface area contributed by atoms with Crippen molar-refractivity contribution in [3.8, 4) is 6.07 Å². The molecule has 0 saturated heterocycles. The second-order valence-corrected chi connectivity index (χ2v) is 3.28. The summed E-state index contributed by atoms with van der Waals surface area (Å²) in [6, 6.07) is 4.45. The molecule has 0 unspecified atom stereocenters. The molecule has 1 N–H and O–H groups in total. The third kappa shape index (κ3) is 1.73. The van der Waals surface area contributed by atoms with Crippen LogP contribution in [0.3, 0.4) is 0 Å². The second-order valence-electron chi connectivity index (χ2n) is 2.20. The molecule has 1 aromatic rings. The zero-order valence-corrected chi connectivity index (χ0v) is 8.17. The largest absolute Gasteiger partial charge is 0.392 e. The standard InChI is InChI=1S/C8H5FINO/c9-7-2-5(3-11)1-6(4-12)8(7)10/h1-2,12H,4H2. The van der Waals surface area contributed by atoms with Crippen molar-refractivity contribution in [2.45, 2.75) is 6.61 Å². The van der Waals surface area contributed by atoms with Gasteiger partial charge < -0.3 is 5.11 Å². The minimum Gasteiger partial charge on any atom is -0.392 e. The van der Waals surface area contributed by atoms with E-state index in [1.54, 1.807) is 22.6 Å². The first kappa shape index (κ1) is 9.42. The molecule has 0 spiro atoms. The summed E-state index contributed by atoms with van der Waals surface area (Å²) in [5.41, 5.74) is 0.684. The van der Waals surface area contributed by atoms with Crippen molar-refractivity contribution in [1.29, 1.82) is 5.26 Å². The van der Waals surface area contributed by atoms with Crippen molar-refractivity contribution in [1.82, 2.24) is 0 Å². The first-order valence-corrected chi connectivity index (χ1v) is 4.25. The fourth-order valence-corrected chi connectivity index (χ4v) is 1.31. The van der Waals surface area contributed by atoms with Gasteiger partial charge in [-0.1, -0.05) is 0 Å². The van der Waals surface area contributed by atoms with Gasteiger partial charge in [-0.25, -0.2) is 4.39 Å². The molecule has 1 aromatic carbocycles. The van der Waals surface area contributed by atoms with Crippen molar-refractivity contribution < 1.29 is 9.50 Å². The van der Waals surface area contributed by atoms with Gasteiger partial charge in [-0.2, -0.15) is 5.26 Å².